The molecule has 600 valence electrons. The smallest absolute Gasteiger partial charge is 0.173 e. The van der Waals surface area contributed by atoms with Gasteiger partial charge in [0, 0.05) is 160 Å². The monoisotopic (exact) mass is 1520 g/mol. The average molecular weight is 1520 g/mol. The van der Waals surface area contributed by atoms with Gasteiger partial charge in [-0.1, -0.05) is 202 Å². The fraction of sp³-hybridized carbons (Fsp3) is 0.446. The van der Waals surface area contributed by atoms with Gasteiger partial charge in [0.2, 0.25) is 0 Å². The Morgan fingerprint density at radius 1 is 0.223 bits per heavy atom. The van der Waals surface area contributed by atoms with E-state index >= 15 is 0 Å². The Balaban J connectivity index is 0.000000266. The maximum atomic E-state index is 8.81. The molecule has 8 aromatic heterocycles. The second-order valence-electron chi connectivity index (χ2n) is 29.6. The van der Waals surface area contributed by atoms with E-state index < -0.39 is 0 Å². The summed E-state index contributed by atoms with van der Waals surface area (Å²) in [6, 6.07) is 56.2. The molecule has 0 amide bonds. The lowest BCUT2D eigenvalue weighted by atomic mass is 10.1. The number of hydrogen-bond donors (Lipinski definition) is 3. The lowest BCUT2D eigenvalue weighted by molar-refractivity contribution is -0.697. The second kappa shape index (κ2) is 62.5. The molecular formula is C101H146N8O3+8. The summed E-state index contributed by atoms with van der Waals surface area (Å²) in [5, 5.41) is 26.4. The van der Waals surface area contributed by atoms with Crippen molar-refractivity contribution in [3.05, 3.63) is 293 Å². The van der Waals surface area contributed by atoms with E-state index in [9.17, 15) is 0 Å². The summed E-state index contributed by atoms with van der Waals surface area (Å²) < 4.78 is 17.9. The van der Waals surface area contributed by atoms with Crippen molar-refractivity contribution in [2.24, 2.45) is 0 Å². The first-order valence-corrected chi connectivity index (χ1v) is 43.2. The van der Waals surface area contributed by atoms with Crippen molar-refractivity contribution in [2.45, 2.75) is 273 Å². The molecule has 0 aliphatic carbocycles. The van der Waals surface area contributed by atoms with E-state index in [1.807, 2.05) is 13.8 Å². The molecule has 11 nitrogen and oxygen atoms in total. The first-order valence-electron chi connectivity index (χ1n) is 43.2. The molecule has 0 aliphatic heterocycles. The summed E-state index contributed by atoms with van der Waals surface area (Å²) >= 11 is 0. The molecule has 11 heteroatoms. The van der Waals surface area contributed by atoms with Crippen LogP contribution >= 0.6 is 0 Å². The largest absolute Gasteiger partial charge is 0.396 e. The Morgan fingerprint density at radius 2 is 0.402 bits per heavy atom. The lowest BCUT2D eigenvalue weighted by Crippen LogP contribution is -2.33. The average Bonchev–Trinajstić information content (AvgIpc) is 0.906. The van der Waals surface area contributed by atoms with Crippen molar-refractivity contribution in [1.82, 2.24) is 0 Å². The number of allylic oxidation sites excluding steroid dienone is 2. The molecule has 10 aromatic rings. The molecule has 0 bridgehead atoms. The van der Waals surface area contributed by atoms with Gasteiger partial charge in [-0.2, -0.15) is 0 Å². The van der Waals surface area contributed by atoms with Crippen molar-refractivity contribution >= 4 is 0 Å². The van der Waals surface area contributed by atoms with Crippen LogP contribution < -0.4 is 36.5 Å². The molecule has 8 heterocycles. The van der Waals surface area contributed by atoms with Crippen LogP contribution in [0.2, 0.25) is 0 Å². The highest BCUT2D eigenvalue weighted by Crippen LogP contribution is 2.21. The zero-order valence-corrected chi connectivity index (χ0v) is 70.0. The highest BCUT2D eigenvalue weighted by Gasteiger charge is 2.12. The van der Waals surface area contributed by atoms with Crippen molar-refractivity contribution in [3.8, 4) is 44.5 Å². The predicted octanol–water partition coefficient (Wildman–Crippen LogP) is 20.5. The van der Waals surface area contributed by atoms with E-state index in [2.05, 4.69) is 327 Å². The summed E-state index contributed by atoms with van der Waals surface area (Å²) in [6.45, 7) is 26.2. The Bertz CT molecular complexity index is 3650. The molecule has 0 saturated carbocycles. The number of rotatable bonds is 46. The summed E-state index contributed by atoms with van der Waals surface area (Å²) in [7, 11) is 0. The molecule has 10 rings (SSSR count). The highest BCUT2D eigenvalue weighted by atomic mass is 16.3. The summed E-state index contributed by atoms with van der Waals surface area (Å²) in [5.41, 5.74) is 12.7. The SMILES string of the molecule is C=CC.C=CC.CCCCCCC[n+]1ccc(-c2cc[n+](CCCCCCC)cc2)cc1.CC[n+]1ccc(-c2cc[n+](CCCO)cc2)cc1.OCCCCCCCCCCC[n+]1ccc(-c2cc[n+](CCCCCCCCCCCO)cc2)cc1.c1ccc(C[n+]2ccc(-c3cc[n+](Cc4ccccc4)cc3)cc2)cc1. The van der Waals surface area contributed by atoms with E-state index in [4.69, 9.17) is 15.3 Å². The molecule has 0 aliphatic rings. The molecule has 2 aromatic carbocycles. The highest BCUT2D eigenvalue weighted by molar-refractivity contribution is 5.63. The number of hydrogen-bond acceptors (Lipinski definition) is 3. The number of aliphatic hydroxyl groups is 3. The third-order valence-electron chi connectivity index (χ3n) is 20.0. The van der Waals surface area contributed by atoms with Gasteiger partial charge >= 0.3 is 0 Å². The molecule has 0 atom stereocenters. The second-order valence-corrected chi connectivity index (χ2v) is 29.6. The van der Waals surface area contributed by atoms with Crippen molar-refractivity contribution in [2.75, 3.05) is 19.8 Å². The van der Waals surface area contributed by atoms with Crippen LogP contribution in [0.5, 0.6) is 0 Å². The van der Waals surface area contributed by atoms with E-state index in [0.717, 1.165) is 71.6 Å². The quantitative estimate of drug-likeness (QED) is 0.0202. The minimum atomic E-state index is 0.241. The molecule has 0 saturated heterocycles. The molecular weight excluding hydrogens is 1370 g/mol. The van der Waals surface area contributed by atoms with Gasteiger partial charge in [0.1, 0.15) is 32.7 Å². The molecule has 3 N–H and O–H groups in total. The molecule has 112 heavy (non-hydrogen) atoms. The number of aliphatic hydroxyl groups excluding tert-OH is 3. The number of aromatic nitrogens is 8. The standard InChI is InChI=1S/C32H54N2O2.C24H22N2.C24H38N2.C15H20N2O.2C3H6/c35-29-17-13-9-5-1-3-7-11-15-23-33-25-19-31(20-26-33)32-21-27-34(28-22-32)24-16-12-8-4-2-6-10-14-18-30-36;1-3-7-21(8-4-1)19-25-15-11-23(12-16-25)24-13-17-26(18-14-24)20-22-9-5-2-6-10-22;1-3-5-7-9-11-17-25-19-13-23(14-20-25)24-15-21-26(22-16-24)18-12-10-8-6-4-2;1-2-16-9-4-14(5-10-16)15-6-11-17(12-7-15)8-3-13-18;2*1-3-2/h19-22,25-28,35-36H,1-18,23-24,29-30H2;1-18H,19-20H2;13-16,19-22H,3-12,17-18H2,1-2H3;4-7,9-12,18H,2-3,8,13H2,1H3;2*3H,1H2,2H3/q4*+2;;. The number of unbranched alkanes of at least 4 members (excludes halogenated alkanes) is 24. The lowest BCUT2D eigenvalue weighted by Gasteiger charge is -2.03. The Labute approximate surface area is 678 Å². The maximum Gasteiger partial charge on any atom is 0.173 e. The maximum absolute atomic E-state index is 8.81. The van der Waals surface area contributed by atoms with Crippen LogP contribution in [0, 0.1) is 0 Å². The minimum absolute atomic E-state index is 0.241. The number of aryl methyl sites for hydroxylation is 6. The van der Waals surface area contributed by atoms with Crippen LogP contribution in [-0.2, 0) is 52.4 Å². The third kappa shape index (κ3) is 42.0. The molecule has 0 fully saturated rings. The van der Waals surface area contributed by atoms with Crippen LogP contribution in [-0.4, -0.2) is 35.1 Å². The Hall–Kier alpha value is -9.00. The van der Waals surface area contributed by atoms with Crippen LogP contribution in [0.15, 0.2) is 282 Å². The first kappa shape index (κ1) is 93.6. The van der Waals surface area contributed by atoms with E-state index in [1.165, 1.54) is 223 Å². The summed E-state index contributed by atoms with van der Waals surface area (Å²) in [4.78, 5) is 0. The molecule has 0 unspecified atom stereocenters. The van der Waals surface area contributed by atoms with Crippen LogP contribution in [0.4, 0.5) is 0 Å². The normalized spacial score (nSPS) is 10.6. The fourth-order valence-electron chi connectivity index (χ4n) is 13.3. The predicted molar refractivity (Wildman–Crippen MR) is 464 cm³/mol. The first-order chi connectivity index (χ1) is 55.2. The molecule has 0 radical (unpaired) electrons. The zero-order chi connectivity index (χ0) is 79.8. The van der Waals surface area contributed by atoms with Gasteiger partial charge in [-0.3, -0.25) is 0 Å². The number of nitrogens with zero attached hydrogens (tertiary/aromatic N) is 8. The fourth-order valence-corrected chi connectivity index (χ4v) is 13.3. The van der Waals surface area contributed by atoms with Crippen LogP contribution in [0.3, 0.4) is 0 Å². The van der Waals surface area contributed by atoms with Gasteiger partial charge in [0.15, 0.2) is 119 Å². The van der Waals surface area contributed by atoms with Gasteiger partial charge < -0.3 is 15.3 Å². The van der Waals surface area contributed by atoms with Gasteiger partial charge in [-0.05, 0) is 104 Å². The van der Waals surface area contributed by atoms with E-state index in [-0.39, 0.29) is 6.61 Å². The van der Waals surface area contributed by atoms with Gasteiger partial charge in [-0.15, -0.1) is 13.2 Å². The number of pyridine rings is 8. The van der Waals surface area contributed by atoms with E-state index in [0.29, 0.717) is 13.2 Å². The Kier molecular flexibility index (Phi) is 52.3. The zero-order valence-electron chi connectivity index (χ0n) is 70.0. The van der Waals surface area contributed by atoms with Crippen molar-refractivity contribution in [3.63, 3.8) is 0 Å². The summed E-state index contributed by atoms with van der Waals surface area (Å²) in [5.74, 6) is 0. The van der Waals surface area contributed by atoms with Gasteiger partial charge in [0.25, 0.3) is 0 Å². The molecule has 0 spiro atoms. The Morgan fingerprint density at radius 3 is 0.607 bits per heavy atom. The third-order valence-corrected chi connectivity index (χ3v) is 20.0. The van der Waals surface area contributed by atoms with Gasteiger partial charge in [-0.25, -0.2) is 36.5 Å². The van der Waals surface area contributed by atoms with Crippen LogP contribution in [0.1, 0.15) is 232 Å². The van der Waals surface area contributed by atoms with Crippen LogP contribution in [0.25, 0.3) is 44.5 Å². The van der Waals surface area contributed by atoms with Crippen molar-refractivity contribution in [1.29, 1.82) is 0 Å². The van der Waals surface area contributed by atoms with Gasteiger partial charge in [0.05, 0.1) is 0 Å². The summed E-state index contributed by atoms with van der Waals surface area (Å²) in [6.07, 6.45) is 75.1. The number of benzene rings is 2. The van der Waals surface area contributed by atoms with Crippen molar-refractivity contribution < 1.29 is 51.9 Å². The van der Waals surface area contributed by atoms with E-state index in [1.54, 1.807) is 12.2 Å². The topological polar surface area (TPSA) is 91.7 Å². The minimum Gasteiger partial charge on any atom is -0.396 e.